The molecule has 0 radical (unpaired) electrons. The predicted molar refractivity (Wildman–Crippen MR) is 113 cm³/mol. The number of hydrogen-bond donors (Lipinski definition) is 0. The van der Waals surface area contributed by atoms with E-state index >= 15 is 0 Å². The highest BCUT2D eigenvalue weighted by atomic mass is 19.4. The van der Waals surface area contributed by atoms with E-state index in [-0.39, 0.29) is 16.8 Å². The number of aryl methyl sites for hydroxylation is 2. The standard InChI is InChI=1S/C23H15F9N4O/c1-11-5-14(6-12(2)34-11)15-9-33-36-19(23(30,31)32)8-17(35-20(15)36)13-3-4-16(22(27,28)29)18(7-13)37-10-21(24,25)26/h3-9H,10H2,1-2H3. The van der Waals surface area contributed by atoms with Crippen molar-refractivity contribution in [2.75, 3.05) is 6.61 Å². The first-order valence-electron chi connectivity index (χ1n) is 10.4. The van der Waals surface area contributed by atoms with E-state index in [1.54, 1.807) is 26.0 Å². The molecule has 0 atom stereocenters. The first kappa shape index (κ1) is 26.2. The van der Waals surface area contributed by atoms with Crippen LogP contribution in [0.2, 0.25) is 0 Å². The number of halogens is 9. The number of ether oxygens (including phenoxy) is 1. The molecule has 0 saturated heterocycles. The van der Waals surface area contributed by atoms with E-state index in [0.29, 0.717) is 39.7 Å². The van der Waals surface area contributed by atoms with Crippen molar-refractivity contribution in [1.82, 2.24) is 19.6 Å². The summed E-state index contributed by atoms with van der Waals surface area (Å²) in [4.78, 5) is 8.38. The van der Waals surface area contributed by atoms with Crippen molar-refractivity contribution in [1.29, 1.82) is 0 Å². The summed E-state index contributed by atoms with van der Waals surface area (Å²) in [5.74, 6) is -1.20. The van der Waals surface area contributed by atoms with Crippen molar-refractivity contribution < 1.29 is 44.3 Å². The zero-order valence-corrected chi connectivity index (χ0v) is 18.8. The van der Waals surface area contributed by atoms with Crippen LogP contribution in [0, 0.1) is 13.8 Å². The van der Waals surface area contributed by atoms with E-state index in [1.165, 1.54) is 0 Å². The van der Waals surface area contributed by atoms with E-state index in [9.17, 15) is 39.5 Å². The number of alkyl halides is 9. The third-order valence-electron chi connectivity index (χ3n) is 5.13. The average molecular weight is 534 g/mol. The summed E-state index contributed by atoms with van der Waals surface area (Å²) in [6.07, 6.45) is -13.8. The zero-order chi connectivity index (χ0) is 27.3. The maximum absolute atomic E-state index is 13.9. The van der Waals surface area contributed by atoms with Gasteiger partial charge in [0.15, 0.2) is 17.9 Å². The van der Waals surface area contributed by atoms with Crippen LogP contribution in [0.4, 0.5) is 39.5 Å². The lowest BCUT2D eigenvalue weighted by atomic mass is 10.1. The second-order valence-corrected chi connectivity index (χ2v) is 8.07. The predicted octanol–water partition coefficient (Wildman–Crippen LogP) is 7.05. The molecule has 0 amide bonds. The van der Waals surface area contributed by atoms with Gasteiger partial charge in [-0.15, -0.1) is 0 Å². The number of rotatable bonds is 4. The van der Waals surface area contributed by atoms with Crippen LogP contribution >= 0.6 is 0 Å². The lowest BCUT2D eigenvalue weighted by molar-refractivity contribution is -0.158. The molecule has 0 spiro atoms. The zero-order valence-electron chi connectivity index (χ0n) is 18.8. The topological polar surface area (TPSA) is 52.3 Å². The molecule has 0 aliphatic rings. The first-order chi connectivity index (χ1) is 17.0. The van der Waals surface area contributed by atoms with Crippen LogP contribution in [0.1, 0.15) is 22.6 Å². The lowest BCUT2D eigenvalue weighted by Gasteiger charge is -2.17. The Morgan fingerprint density at radius 3 is 2.00 bits per heavy atom. The molecule has 196 valence electrons. The number of pyridine rings is 1. The minimum absolute atomic E-state index is 0.182. The normalized spacial score (nSPS) is 12.8. The fraction of sp³-hybridized carbons (Fsp3) is 0.261. The molecular formula is C23H15F9N4O. The molecule has 37 heavy (non-hydrogen) atoms. The molecule has 0 aliphatic heterocycles. The van der Waals surface area contributed by atoms with E-state index in [0.717, 1.165) is 12.3 Å². The Hall–Kier alpha value is -3.84. The Balaban J connectivity index is 1.94. The van der Waals surface area contributed by atoms with Gasteiger partial charge in [-0.3, -0.25) is 4.98 Å². The third-order valence-corrected chi connectivity index (χ3v) is 5.13. The smallest absolute Gasteiger partial charge is 0.433 e. The number of aromatic nitrogens is 4. The fourth-order valence-electron chi connectivity index (χ4n) is 3.70. The Labute approximate surface area is 202 Å². The monoisotopic (exact) mass is 534 g/mol. The lowest BCUT2D eigenvalue weighted by Crippen LogP contribution is -2.21. The Morgan fingerprint density at radius 1 is 0.784 bits per heavy atom. The highest BCUT2D eigenvalue weighted by Crippen LogP contribution is 2.40. The molecule has 4 rings (SSSR count). The second-order valence-electron chi connectivity index (χ2n) is 8.07. The van der Waals surface area contributed by atoms with E-state index < -0.39 is 47.8 Å². The highest BCUT2D eigenvalue weighted by Gasteiger charge is 2.38. The quantitative estimate of drug-likeness (QED) is 0.263. The molecule has 4 aromatic rings. The van der Waals surface area contributed by atoms with Crippen molar-refractivity contribution >= 4 is 5.65 Å². The summed E-state index contributed by atoms with van der Waals surface area (Å²) in [7, 11) is 0. The van der Waals surface area contributed by atoms with Crippen LogP contribution < -0.4 is 4.74 Å². The number of hydrogen-bond acceptors (Lipinski definition) is 4. The van der Waals surface area contributed by atoms with E-state index in [4.69, 9.17) is 0 Å². The van der Waals surface area contributed by atoms with Crippen molar-refractivity contribution in [2.24, 2.45) is 0 Å². The summed E-state index contributed by atoms with van der Waals surface area (Å²) in [5, 5.41) is 3.79. The maximum Gasteiger partial charge on any atom is 0.433 e. The van der Waals surface area contributed by atoms with Gasteiger partial charge in [0, 0.05) is 22.5 Å². The summed E-state index contributed by atoms with van der Waals surface area (Å²) >= 11 is 0. The van der Waals surface area contributed by atoms with Gasteiger partial charge >= 0.3 is 18.5 Å². The number of fused-ring (bicyclic) bond motifs is 1. The largest absolute Gasteiger partial charge is 0.483 e. The summed E-state index contributed by atoms with van der Waals surface area (Å²) < 4.78 is 125. The molecule has 0 aliphatic carbocycles. The van der Waals surface area contributed by atoms with Crippen LogP contribution in [0.15, 0.2) is 42.6 Å². The van der Waals surface area contributed by atoms with E-state index in [1.807, 2.05) is 0 Å². The van der Waals surface area contributed by atoms with Crippen LogP contribution in [-0.2, 0) is 12.4 Å². The molecule has 0 bridgehead atoms. The van der Waals surface area contributed by atoms with Gasteiger partial charge in [-0.2, -0.15) is 44.6 Å². The van der Waals surface area contributed by atoms with Crippen molar-refractivity contribution in [3.8, 4) is 28.1 Å². The van der Waals surface area contributed by atoms with Gasteiger partial charge in [-0.25, -0.2) is 9.50 Å². The first-order valence-corrected chi connectivity index (χ1v) is 10.4. The molecule has 0 N–H and O–H groups in total. The van der Waals surface area contributed by atoms with Crippen LogP contribution in [0.3, 0.4) is 0 Å². The van der Waals surface area contributed by atoms with E-state index in [2.05, 4.69) is 19.8 Å². The SMILES string of the molecule is Cc1cc(-c2cnn3c(C(F)(F)F)cc(-c4ccc(C(F)(F)F)c(OCC(F)(F)F)c4)nc23)cc(C)n1. The van der Waals surface area contributed by atoms with Gasteiger partial charge in [-0.05, 0) is 49.7 Å². The van der Waals surface area contributed by atoms with Gasteiger partial charge in [0.2, 0.25) is 0 Å². The molecule has 3 aromatic heterocycles. The minimum Gasteiger partial charge on any atom is -0.483 e. The summed E-state index contributed by atoms with van der Waals surface area (Å²) in [5.41, 5.74) is -2.11. The van der Waals surface area contributed by atoms with Crippen molar-refractivity contribution in [2.45, 2.75) is 32.4 Å². The van der Waals surface area contributed by atoms with Gasteiger partial charge in [-0.1, -0.05) is 6.07 Å². The molecule has 0 fully saturated rings. The third kappa shape index (κ3) is 5.62. The van der Waals surface area contributed by atoms with Gasteiger partial charge < -0.3 is 4.74 Å². The van der Waals surface area contributed by atoms with Gasteiger partial charge in [0.25, 0.3) is 0 Å². The van der Waals surface area contributed by atoms with Crippen molar-refractivity contribution in [3.63, 3.8) is 0 Å². The van der Waals surface area contributed by atoms with Gasteiger partial charge in [0.05, 0.1) is 17.5 Å². The van der Waals surface area contributed by atoms with Crippen LogP contribution in [0.25, 0.3) is 28.0 Å². The Bertz CT molecular complexity index is 1450. The Kier molecular flexibility index (Phi) is 6.32. The Morgan fingerprint density at radius 2 is 1.43 bits per heavy atom. The summed E-state index contributed by atoms with van der Waals surface area (Å²) in [6.45, 7) is 1.31. The summed E-state index contributed by atoms with van der Waals surface area (Å²) in [6, 6.07) is 5.53. The molecule has 14 heteroatoms. The molecule has 0 saturated carbocycles. The molecular weight excluding hydrogens is 519 g/mol. The second kappa shape index (κ2) is 8.92. The molecule has 5 nitrogen and oxygen atoms in total. The highest BCUT2D eigenvalue weighted by molar-refractivity contribution is 5.79. The molecule has 3 heterocycles. The number of nitrogens with zero attached hydrogens (tertiary/aromatic N) is 4. The number of benzene rings is 1. The van der Waals surface area contributed by atoms with Gasteiger partial charge in [0.1, 0.15) is 5.75 Å². The average Bonchev–Trinajstić information content (AvgIpc) is 3.18. The molecule has 1 aromatic carbocycles. The van der Waals surface area contributed by atoms with Crippen molar-refractivity contribution in [3.05, 3.63) is 65.2 Å². The molecule has 0 unspecified atom stereocenters. The van der Waals surface area contributed by atoms with Crippen LogP contribution in [0.5, 0.6) is 5.75 Å². The fourth-order valence-corrected chi connectivity index (χ4v) is 3.70. The minimum atomic E-state index is -5.08. The van der Waals surface area contributed by atoms with Crippen LogP contribution in [-0.4, -0.2) is 32.4 Å². The maximum atomic E-state index is 13.9.